The number of nitrogens with zero attached hydrogens (tertiary/aromatic N) is 3. The second kappa shape index (κ2) is 8.61. The summed E-state index contributed by atoms with van der Waals surface area (Å²) in [6.45, 7) is 3.63. The SMILES string of the molecule is CC(=O)NCC1CCn2ncc(C(=O)N3CCc4ccccc4C3c3ccccc3)c2C1. The van der Waals surface area contributed by atoms with E-state index in [2.05, 4.69) is 46.8 Å². The van der Waals surface area contributed by atoms with E-state index >= 15 is 0 Å². The zero-order valence-corrected chi connectivity index (χ0v) is 18.3. The molecular weight excluding hydrogens is 400 g/mol. The van der Waals surface area contributed by atoms with E-state index in [1.165, 1.54) is 11.1 Å². The highest BCUT2D eigenvalue weighted by atomic mass is 16.2. The van der Waals surface area contributed by atoms with Crippen molar-refractivity contribution >= 4 is 11.8 Å². The van der Waals surface area contributed by atoms with Gasteiger partial charge in [0.2, 0.25) is 5.91 Å². The van der Waals surface area contributed by atoms with Gasteiger partial charge in [0.05, 0.1) is 23.5 Å². The van der Waals surface area contributed by atoms with Crippen molar-refractivity contribution in [3.63, 3.8) is 0 Å². The van der Waals surface area contributed by atoms with Gasteiger partial charge in [0.25, 0.3) is 5.91 Å². The van der Waals surface area contributed by atoms with Crippen LogP contribution in [0.4, 0.5) is 0 Å². The monoisotopic (exact) mass is 428 g/mol. The van der Waals surface area contributed by atoms with Gasteiger partial charge < -0.3 is 10.2 Å². The third kappa shape index (κ3) is 3.81. The van der Waals surface area contributed by atoms with Gasteiger partial charge in [0.1, 0.15) is 0 Å². The normalized spacial score (nSPS) is 19.7. The van der Waals surface area contributed by atoms with Gasteiger partial charge in [-0.1, -0.05) is 54.6 Å². The van der Waals surface area contributed by atoms with E-state index in [1.54, 1.807) is 13.1 Å². The molecule has 2 aliphatic heterocycles. The molecule has 1 N–H and O–H groups in total. The lowest BCUT2D eigenvalue weighted by Crippen LogP contribution is -2.41. The fourth-order valence-electron chi connectivity index (χ4n) is 5.07. The second-order valence-electron chi connectivity index (χ2n) is 8.78. The maximum absolute atomic E-state index is 13.9. The number of benzene rings is 2. The summed E-state index contributed by atoms with van der Waals surface area (Å²) in [5.74, 6) is 0.342. The van der Waals surface area contributed by atoms with Crippen LogP contribution in [0.2, 0.25) is 0 Å². The Labute approximate surface area is 188 Å². The summed E-state index contributed by atoms with van der Waals surface area (Å²) in [6, 6.07) is 18.6. The molecule has 2 unspecified atom stereocenters. The Kier molecular flexibility index (Phi) is 5.52. The number of nitrogens with one attached hydrogen (secondary N) is 1. The Morgan fingerprint density at radius 3 is 2.66 bits per heavy atom. The standard InChI is InChI=1S/C26H28N4O2/c1-18(31)27-16-19-11-14-30-24(15-19)23(17-28-30)26(32)29-13-12-20-7-5-6-10-22(20)25(29)21-8-3-2-4-9-21/h2-10,17,19,25H,11-16H2,1H3,(H,27,31). The summed E-state index contributed by atoms with van der Waals surface area (Å²) in [5, 5.41) is 7.45. The van der Waals surface area contributed by atoms with Gasteiger partial charge in [-0.3, -0.25) is 14.3 Å². The maximum Gasteiger partial charge on any atom is 0.258 e. The Balaban J connectivity index is 1.47. The van der Waals surface area contributed by atoms with E-state index < -0.39 is 0 Å². The van der Waals surface area contributed by atoms with Crippen LogP contribution < -0.4 is 5.32 Å². The fourth-order valence-corrected chi connectivity index (χ4v) is 5.07. The van der Waals surface area contributed by atoms with Gasteiger partial charge in [-0.2, -0.15) is 5.10 Å². The second-order valence-corrected chi connectivity index (χ2v) is 8.78. The molecule has 0 bridgehead atoms. The van der Waals surface area contributed by atoms with Crippen LogP contribution >= 0.6 is 0 Å². The predicted octanol–water partition coefficient (Wildman–Crippen LogP) is 3.37. The molecule has 0 spiro atoms. The number of amides is 2. The summed E-state index contributed by atoms with van der Waals surface area (Å²) in [5.41, 5.74) is 5.30. The van der Waals surface area contributed by atoms with Crippen molar-refractivity contribution in [1.82, 2.24) is 20.0 Å². The molecule has 3 heterocycles. The van der Waals surface area contributed by atoms with E-state index in [4.69, 9.17) is 0 Å². The lowest BCUT2D eigenvalue weighted by molar-refractivity contribution is -0.119. The fraction of sp³-hybridized carbons (Fsp3) is 0.346. The summed E-state index contributed by atoms with van der Waals surface area (Å²) in [7, 11) is 0. The zero-order chi connectivity index (χ0) is 22.1. The van der Waals surface area contributed by atoms with E-state index in [0.717, 1.165) is 37.1 Å². The highest BCUT2D eigenvalue weighted by Crippen LogP contribution is 2.36. The van der Waals surface area contributed by atoms with Crippen LogP contribution in [0.15, 0.2) is 60.8 Å². The highest BCUT2D eigenvalue weighted by Gasteiger charge is 2.35. The number of carbonyl (C=O) groups is 2. The Morgan fingerprint density at radius 2 is 1.84 bits per heavy atom. The van der Waals surface area contributed by atoms with E-state index in [-0.39, 0.29) is 17.9 Å². The summed E-state index contributed by atoms with van der Waals surface area (Å²) < 4.78 is 1.97. The predicted molar refractivity (Wildman–Crippen MR) is 122 cm³/mol. The molecule has 1 aromatic heterocycles. The smallest absolute Gasteiger partial charge is 0.258 e. The average molecular weight is 429 g/mol. The molecule has 2 atom stereocenters. The molecule has 164 valence electrons. The molecule has 2 aromatic carbocycles. The number of hydrogen-bond donors (Lipinski definition) is 1. The molecule has 0 saturated heterocycles. The highest BCUT2D eigenvalue weighted by molar-refractivity contribution is 5.96. The first-order valence-corrected chi connectivity index (χ1v) is 11.3. The molecule has 6 nitrogen and oxygen atoms in total. The van der Waals surface area contributed by atoms with Gasteiger partial charge in [0, 0.05) is 26.6 Å². The first-order chi connectivity index (χ1) is 15.6. The van der Waals surface area contributed by atoms with Crippen LogP contribution in [0.25, 0.3) is 0 Å². The van der Waals surface area contributed by atoms with Crippen molar-refractivity contribution < 1.29 is 9.59 Å². The van der Waals surface area contributed by atoms with E-state index in [1.807, 2.05) is 27.8 Å². The number of aromatic nitrogens is 2. The van der Waals surface area contributed by atoms with Crippen LogP contribution in [0.5, 0.6) is 0 Å². The van der Waals surface area contributed by atoms with Crippen molar-refractivity contribution in [2.24, 2.45) is 5.92 Å². The quantitative estimate of drug-likeness (QED) is 0.693. The van der Waals surface area contributed by atoms with E-state index in [0.29, 0.717) is 24.6 Å². The minimum Gasteiger partial charge on any atom is -0.356 e. The zero-order valence-electron chi connectivity index (χ0n) is 18.3. The molecular formula is C26H28N4O2. The molecule has 2 aliphatic rings. The minimum absolute atomic E-state index is 0.0157. The van der Waals surface area contributed by atoms with Gasteiger partial charge >= 0.3 is 0 Å². The molecule has 5 rings (SSSR count). The number of rotatable bonds is 4. The molecule has 0 aliphatic carbocycles. The number of hydrogen-bond acceptors (Lipinski definition) is 3. The Bertz CT molecular complexity index is 1140. The molecule has 2 amide bonds. The third-order valence-electron chi connectivity index (χ3n) is 6.71. The number of carbonyl (C=O) groups excluding carboxylic acids is 2. The molecule has 32 heavy (non-hydrogen) atoms. The van der Waals surface area contributed by atoms with E-state index in [9.17, 15) is 9.59 Å². The van der Waals surface area contributed by atoms with Crippen LogP contribution in [-0.4, -0.2) is 39.6 Å². The third-order valence-corrected chi connectivity index (χ3v) is 6.71. The van der Waals surface area contributed by atoms with Gasteiger partial charge in [0.15, 0.2) is 0 Å². The van der Waals surface area contributed by atoms with Crippen LogP contribution in [0.1, 0.15) is 52.1 Å². The van der Waals surface area contributed by atoms with Crippen LogP contribution in [0.3, 0.4) is 0 Å². The lowest BCUT2D eigenvalue weighted by atomic mass is 9.87. The van der Waals surface area contributed by atoms with Gasteiger partial charge in [-0.05, 0) is 41.9 Å². The average Bonchev–Trinajstić information content (AvgIpc) is 3.25. The number of aryl methyl sites for hydroxylation is 1. The summed E-state index contributed by atoms with van der Waals surface area (Å²) >= 11 is 0. The topological polar surface area (TPSA) is 67.2 Å². The van der Waals surface area contributed by atoms with Crippen molar-refractivity contribution in [3.8, 4) is 0 Å². The Morgan fingerprint density at radius 1 is 1.06 bits per heavy atom. The molecule has 0 fully saturated rings. The maximum atomic E-state index is 13.9. The van der Waals surface area contributed by atoms with Crippen LogP contribution in [0, 0.1) is 5.92 Å². The van der Waals surface area contributed by atoms with Crippen molar-refractivity contribution in [3.05, 3.63) is 88.7 Å². The summed E-state index contributed by atoms with van der Waals surface area (Å²) in [6.07, 6.45) is 4.29. The van der Waals surface area contributed by atoms with Crippen LogP contribution in [-0.2, 0) is 24.2 Å². The Hall–Kier alpha value is -3.41. The van der Waals surface area contributed by atoms with Crippen molar-refractivity contribution in [2.75, 3.05) is 13.1 Å². The largest absolute Gasteiger partial charge is 0.356 e. The molecule has 6 heteroatoms. The van der Waals surface area contributed by atoms with Gasteiger partial charge in [-0.25, -0.2) is 0 Å². The van der Waals surface area contributed by atoms with Crippen molar-refractivity contribution in [1.29, 1.82) is 0 Å². The first kappa shape index (κ1) is 20.5. The molecule has 3 aromatic rings. The first-order valence-electron chi connectivity index (χ1n) is 11.3. The summed E-state index contributed by atoms with van der Waals surface area (Å²) in [4.78, 5) is 27.3. The van der Waals surface area contributed by atoms with Crippen molar-refractivity contribution in [2.45, 2.75) is 38.8 Å². The molecule has 0 radical (unpaired) electrons. The minimum atomic E-state index is -0.108. The lowest BCUT2D eigenvalue weighted by Gasteiger charge is -2.38. The molecule has 0 saturated carbocycles. The number of fused-ring (bicyclic) bond motifs is 2. The van der Waals surface area contributed by atoms with Gasteiger partial charge in [-0.15, -0.1) is 0 Å².